The molecule has 0 bridgehead atoms. The molecule has 0 spiro atoms. The van der Waals surface area contributed by atoms with E-state index in [9.17, 15) is 4.79 Å². The third-order valence-electron chi connectivity index (χ3n) is 5.54. The van der Waals surface area contributed by atoms with Gasteiger partial charge in [-0.1, -0.05) is 30.3 Å². The molecule has 1 saturated heterocycles. The van der Waals surface area contributed by atoms with Crippen molar-refractivity contribution in [1.29, 1.82) is 0 Å². The predicted molar refractivity (Wildman–Crippen MR) is 124 cm³/mol. The number of aromatic nitrogens is 2. The van der Waals surface area contributed by atoms with E-state index in [4.69, 9.17) is 9.47 Å². The molecular formula is C25H28N4O3. The molecule has 7 heteroatoms. The summed E-state index contributed by atoms with van der Waals surface area (Å²) < 4.78 is 11.2. The molecule has 1 amide bonds. The number of carbonyl (C=O) groups excluding carboxylic acids is 1. The van der Waals surface area contributed by atoms with Crippen molar-refractivity contribution >= 4 is 11.7 Å². The van der Waals surface area contributed by atoms with Gasteiger partial charge < -0.3 is 19.3 Å². The highest BCUT2D eigenvalue weighted by Crippen LogP contribution is 2.24. The van der Waals surface area contributed by atoms with Crippen LogP contribution in [0.25, 0.3) is 0 Å². The summed E-state index contributed by atoms with van der Waals surface area (Å²) in [4.78, 5) is 25.9. The maximum absolute atomic E-state index is 12.8. The molecule has 3 aromatic rings. The third-order valence-corrected chi connectivity index (χ3v) is 5.54. The zero-order valence-corrected chi connectivity index (χ0v) is 18.7. The number of piperazine rings is 1. The minimum atomic E-state index is 0.140. The summed E-state index contributed by atoms with van der Waals surface area (Å²) in [6.07, 6.45) is 0.395. The van der Waals surface area contributed by atoms with Gasteiger partial charge in [-0.15, -0.1) is 0 Å². The highest BCUT2D eigenvalue weighted by atomic mass is 16.5. The maximum Gasteiger partial charge on any atom is 0.227 e. The second-order valence-electron chi connectivity index (χ2n) is 7.88. The Hall–Kier alpha value is -3.61. The van der Waals surface area contributed by atoms with Crippen LogP contribution in [0, 0.1) is 13.8 Å². The average molecular weight is 433 g/mol. The maximum atomic E-state index is 12.8. The number of carbonyl (C=O) groups is 1. The molecule has 1 aliphatic heterocycles. The molecule has 0 unspecified atom stereocenters. The van der Waals surface area contributed by atoms with Crippen molar-refractivity contribution in [3.8, 4) is 17.4 Å². The Morgan fingerprint density at radius 1 is 0.969 bits per heavy atom. The molecule has 7 nitrogen and oxygen atoms in total. The molecule has 0 saturated carbocycles. The molecule has 0 radical (unpaired) electrons. The van der Waals surface area contributed by atoms with Crippen molar-refractivity contribution in [2.24, 2.45) is 0 Å². The van der Waals surface area contributed by atoms with Crippen LogP contribution in [-0.4, -0.2) is 54.1 Å². The lowest BCUT2D eigenvalue weighted by Gasteiger charge is -2.35. The molecule has 0 N–H and O–H groups in total. The first-order chi connectivity index (χ1) is 15.5. The molecule has 0 atom stereocenters. The summed E-state index contributed by atoms with van der Waals surface area (Å²) in [5, 5.41) is 0. The van der Waals surface area contributed by atoms with Gasteiger partial charge in [0, 0.05) is 32.2 Å². The van der Waals surface area contributed by atoms with Crippen LogP contribution in [0.3, 0.4) is 0 Å². The van der Waals surface area contributed by atoms with Crippen molar-refractivity contribution < 1.29 is 14.3 Å². The number of hydrogen-bond acceptors (Lipinski definition) is 6. The Labute approximate surface area is 188 Å². The Morgan fingerprint density at radius 2 is 1.72 bits per heavy atom. The lowest BCUT2D eigenvalue weighted by molar-refractivity contribution is -0.130. The summed E-state index contributed by atoms with van der Waals surface area (Å²) in [7, 11) is 1.66. The number of hydrogen-bond donors (Lipinski definition) is 0. The number of amides is 1. The van der Waals surface area contributed by atoms with Gasteiger partial charge in [0.05, 0.1) is 13.5 Å². The molecule has 32 heavy (non-hydrogen) atoms. The van der Waals surface area contributed by atoms with Crippen molar-refractivity contribution in [1.82, 2.24) is 14.9 Å². The highest BCUT2D eigenvalue weighted by Gasteiger charge is 2.23. The quantitative estimate of drug-likeness (QED) is 0.591. The first kappa shape index (κ1) is 21.6. The minimum Gasteiger partial charge on any atom is -0.496 e. The van der Waals surface area contributed by atoms with Crippen LogP contribution in [0.15, 0.2) is 54.6 Å². The van der Waals surface area contributed by atoms with E-state index in [0.29, 0.717) is 44.3 Å². The van der Waals surface area contributed by atoms with Crippen LogP contribution < -0.4 is 14.4 Å². The molecule has 1 aliphatic rings. The van der Waals surface area contributed by atoms with Crippen molar-refractivity contribution in [3.63, 3.8) is 0 Å². The van der Waals surface area contributed by atoms with Gasteiger partial charge in [0.2, 0.25) is 11.8 Å². The molecule has 2 heterocycles. The predicted octanol–water partition coefficient (Wildman–Crippen LogP) is 3.79. The smallest absolute Gasteiger partial charge is 0.227 e. The first-order valence-electron chi connectivity index (χ1n) is 10.8. The normalized spacial score (nSPS) is 13.7. The number of para-hydroxylation sites is 1. The SMILES string of the molecule is COc1ccc(CC(=O)N2CCN(c3cc(Oc4ccccc4)nc(C)n3)CC2)cc1C. The fourth-order valence-corrected chi connectivity index (χ4v) is 3.87. The Bertz CT molecular complexity index is 1080. The minimum absolute atomic E-state index is 0.140. The van der Waals surface area contributed by atoms with Gasteiger partial charge >= 0.3 is 0 Å². The summed E-state index contributed by atoms with van der Waals surface area (Å²) in [5.74, 6) is 3.71. The fraction of sp³-hybridized carbons (Fsp3) is 0.320. The van der Waals surface area contributed by atoms with E-state index in [2.05, 4.69) is 14.9 Å². The van der Waals surface area contributed by atoms with Crippen LogP contribution in [-0.2, 0) is 11.2 Å². The third kappa shape index (κ3) is 5.17. The second-order valence-corrected chi connectivity index (χ2v) is 7.88. The van der Waals surface area contributed by atoms with E-state index in [1.807, 2.05) is 73.3 Å². The van der Waals surface area contributed by atoms with Crippen molar-refractivity contribution in [2.45, 2.75) is 20.3 Å². The Kier molecular flexibility index (Phi) is 6.54. The number of nitrogens with zero attached hydrogens (tertiary/aromatic N) is 4. The van der Waals surface area contributed by atoms with E-state index in [1.165, 1.54) is 0 Å². The van der Waals surface area contributed by atoms with E-state index in [0.717, 1.165) is 28.4 Å². The number of ether oxygens (including phenoxy) is 2. The lowest BCUT2D eigenvalue weighted by atomic mass is 10.1. The molecule has 1 fully saturated rings. The number of rotatable bonds is 6. The van der Waals surface area contributed by atoms with Gasteiger partial charge in [-0.3, -0.25) is 4.79 Å². The fourth-order valence-electron chi connectivity index (χ4n) is 3.87. The van der Waals surface area contributed by atoms with E-state index < -0.39 is 0 Å². The number of anilines is 1. The molecular weight excluding hydrogens is 404 g/mol. The van der Waals surface area contributed by atoms with E-state index in [-0.39, 0.29) is 5.91 Å². The zero-order valence-electron chi connectivity index (χ0n) is 18.7. The molecule has 1 aromatic heterocycles. The highest BCUT2D eigenvalue weighted by molar-refractivity contribution is 5.79. The van der Waals surface area contributed by atoms with Gasteiger partial charge in [-0.25, -0.2) is 4.98 Å². The van der Waals surface area contributed by atoms with Crippen LogP contribution >= 0.6 is 0 Å². The molecule has 0 aliphatic carbocycles. The van der Waals surface area contributed by atoms with Crippen molar-refractivity contribution in [3.05, 3.63) is 71.5 Å². The second kappa shape index (κ2) is 9.68. The molecule has 4 rings (SSSR count). The monoisotopic (exact) mass is 432 g/mol. The summed E-state index contributed by atoms with van der Waals surface area (Å²) >= 11 is 0. The van der Waals surface area contributed by atoms with Crippen LogP contribution in [0.5, 0.6) is 17.4 Å². The standard InChI is InChI=1S/C25H28N4O3/c1-18-15-20(9-10-22(18)31-3)16-25(30)29-13-11-28(12-14-29)23-17-24(27-19(2)26-23)32-21-7-5-4-6-8-21/h4-10,15,17H,11-14,16H2,1-3H3. The largest absolute Gasteiger partial charge is 0.496 e. The van der Waals surface area contributed by atoms with Gasteiger partial charge in [-0.05, 0) is 43.2 Å². The average Bonchev–Trinajstić information content (AvgIpc) is 2.79. The van der Waals surface area contributed by atoms with Crippen LogP contribution in [0.1, 0.15) is 17.0 Å². The van der Waals surface area contributed by atoms with Crippen LogP contribution in [0.4, 0.5) is 5.82 Å². The lowest BCUT2D eigenvalue weighted by Crippen LogP contribution is -2.49. The number of benzene rings is 2. The van der Waals surface area contributed by atoms with Crippen LogP contribution in [0.2, 0.25) is 0 Å². The van der Waals surface area contributed by atoms with E-state index in [1.54, 1.807) is 7.11 Å². The summed E-state index contributed by atoms with van der Waals surface area (Å²) in [6.45, 7) is 6.60. The summed E-state index contributed by atoms with van der Waals surface area (Å²) in [5.41, 5.74) is 2.04. The summed E-state index contributed by atoms with van der Waals surface area (Å²) in [6, 6.07) is 17.3. The van der Waals surface area contributed by atoms with Gasteiger partial charge in [0.25, 0.3) is 0 Å². The zero-order chi connectivity index (χ0) is 22.5. The van der Waals surface area contributed by atoms with E-state index >= 15 is 0 Å². The van der Waals surface area contributed by atoms with Gasteiger partial charge in [0.15, 0.2) is 0 Å². The molecule has 2 aromatic carbocycles. The Morgan fingerprint density at radius 3 is 2.41 bits per heavy atom. The molecule has 166 valence electrons. The number of aryl methyl sites for hydroxylation is 2. The van der Waals surface area contributed by atoms with Gasteiger partial charge in [0.1, 0.15) is 23.1 Å². The number of methoxy groups -OCH3 is 1. The van der Waals surface area contributed by atoms with Crippen molar-refractivity contribution in [2.75, 3.05) is 38.2 Å². The topological polar surface area (TPSA) is 67.8 Å². The first-order valence-corrected chi connectivity index (χ1v) is 10.8. The van der Waals surface area contributed by atoms with Gasteiger partial charge in [-0.2, -0.15) is 4.98 Å². The Balaban J connectivity index is 1.37.